The average molecular weight is 701 g/mol. The van der Waals surface area contributed by atoms with E-state index in [0.717, 1.165) is 64.2 Å². The molecule has 9 heteroatoms. The van der Waals surface area contributed by atoms with Gasteiger partial charge in [-0.15, -0.1) is 0 Å². The van der Waals surface area contributed by atoms with Crippen LogP contribution < -0.4 is 10.2 Å². The third-order valence-corrected chi connectivity index (χ3v) is 9.62. The number of rotatable bonds is 35. The maximum absolute atomic E-state index is 12.7. The molecule has 0 aromatic rings. The molecule has 0 radical (unpaired) electrons. The monoisotopic (exact) mass is 701 g/mol. The van der Waals surface area contributed by atoms with Crippen LogP contribution in [0.25, 0.3) is 0 Å². The second kappa shape index (κ2) is 31.9. The van der Waals surface area contributed by atoms with E-state index in [1.165, 1.54) is 83.5 Å². The Balaban J connectivity index is 4.53. The Morgan fingerprint density at radius 1 is 0.708 bits per heavy atom. The van der Waals surface area contributed by atoms with Crippen molar-refractivity contribution in [2.24, 2.45) is 0 Å². The van der Waals surface area contributed by atoms with Gasteiger partial charge < -0.3 is 28.8 Å². The number of phosphoric acid groups is 1. The van der Waals surface area contributed by atoms with Crippen LogP contribution in [0.1, 0.15) is 168 Å². The van der Waals surface area contributed by atoms with Gasteiger partial charge in [-0.05, 0) is 38.5 Å². The molecule has 2 N–H and O–H groups in total. The van der Waals surface area contributed by atoms with Gasteiger partial charge in [0.05, 0.1) is 39.9 Å². The van der Waals surface area contributed by atoms with Crippen LogP contribution in [0, 0.1) is 0 Å². The number of likely N-dealkylation sites (N-methyl/N-ethyl adjacent to an activating group) is 1. The molecule has 284 valence electrons. The van der Waals surface area contributed by atoms with Crippen LogP contribution in [-0.4, -0.2) is 68.5 Å². The molecule has 0 bridgehead atoms. The predicted molar refractivity (Wildman–Crippen MR) is 201 cm³/mol. The Morgan fingerprint density at radius 2 is 1.17 bits per heavy atom. The number of carbonyl (C=O) groups is 1. The Morgan fingerprint density at radius 3 is 1.69 bits per heavy atom. The molecule has 3 unspecified atom stereocenters. The minimum atomic E-state index is -4.58. The zero-order valence-corrected chi connectivity index (χ0v) is 32.8. The second-order valence-corrected chi connectivity index (χ2v) is 16.0. The van der Waals surface area contributed by atoms with E-state index in [4.69, 9.17) is 9.05 Å². The summed E-state index contributed by atoms with van der Waals surface area (Å²) in [5.74, 6) is -0.210. The highest BCUT2D eigenvalue weighted by Crippen LogP contribution is 2.38. The fourth-order valence-corrected chi connectivity index (χ4v) is 6.15. The molecule has 0 heterocycles. The molecule has 0 aliphatic carbocycles. The summed E-state index contributed by atoms with van der Waals surface area (Å²) in [6.45, 7) is 4.58. The minimum absolute atomic E-state index is 0.00195. The normalized spacial score (nSPS) is 14.9. The quantitative estimate of drug-likeness (QED) is 0.0295. The average Bonchev–Trinajstić information content (AvgIpc) is 3.02. The Kier molecular flexibility index (Phi) is 31.2. The number of nitrogens with zero attached hydrogens (tertiary/aromatic N) is 1. The van der Waals surface area contributed by atoms with Crippen molar-refractivity contribution in [2.45, 2.75) is 180 Å². The Labute approximate surface area is 296 Å². The van der Waals surface area contributed by atoms with Gasteiger partial charge >= 0.3 is 0 Å². The summed E-state index contributed by atoms with van der Waals surface area (Å²) in [5, 5.41) is 13.7. The SMILES string of the molecule is CCCC/C=C\CCCCCCCC(=O)NC(COP(=O)([O-])OCC[N+](C)(C)C)C(O)/C=C/CCCCCCCCCCCCCCC. The minimum Gasteiger partial charge on any atom is -0.756 e. The third-order valence-electron chi connectivity index (χ3n) is 8.66. The fourth-order valence-electron chi connectivity index (χ4n) is 5.43. The summed E-state index contributed by atoms with van der Waals surface area (Å²) in [4.78, 5) is 25.1. The number of aliphatic hydroxyl groups excluding tert-OH is 1. The Hall–Kier alpha value is -1.02. The molecule has 0 aromatic heterocycles. The van der Waals surface area contributed by atoms with Crippen LogP contribution in [0.4, 0.5) is 0 Å². The van der Waals surface area contributed by atoms with E-state index in [1.807, 2.05) is 27.2 Å². The number of hydrogen-bond acceptors (Lipinski definition) is 6. The number of allylic oxidation sites excluding steroid dienone is 3. The lowest BCUT2D eigenvalue weighted by Gasteiger charge is -2.29. The van der Waals surface area contributed by atoms with E-state index in [-0.39, 0.29) is 19.1 Å². The van der Waals surface area contributed by atoms with Crippen LogP contribution in [0.3, 0.4) is 0 Å². The van der Waals surface area contributed by atoms with Gasteiger partial charge in [-0.2, -0.15) is 0 Å². The van der Waals surface area contributed by atoms with Crippen molar-refractivity contribution in [1.29, 1.82) is 0 Å². The molecule has 0 rings (SSSR count). The van der Waals surface area contributed by atoms with Crippen LogP contribution in [0.5, 0.6) is 0 Å². The predicted octanol–water partition coefficient (Wildman–Crippen LogP) is 9.55. The van der Waals surface area contributed by atoms with E-state index in [2.05, 4.69) is 31.3 Å². The maximum Gasteiger partial charge on any atom is 0.268 e. The molecule has 0 saturated heterocycles. The van der Waals surface area contributed by atoms with E-state index in [9.17, 15) is 19.4 Å². The largest absolute Gasteiger partial charge is 0.756 e. The highest BCUT2D eigenvalue weighted by molar-refractivity contribution is 7.45. The molecule has 1 amide bonds. The summed E-state index contributed by atoms with van der Waals surface area (Å²) >= 11 is 0. The lowest BCUT2D eigenvalue weighted by Crippen LogP contribution is -2.45. The van der Waals surface area contributed by atoms with Crippen LogP contribution in [-0.2, 0) is 18.4 Å². The summed E-state index contributed by atoms with van der Waals surface area (Å²) in [6, 6.07) is -0.885. The molecular formula is C39H77N2O6P. The van der Waals surface area contributed by atoms with E-state index >= 15 is 0 Å². The molecule has 0 aliphatic rings. The standard InChI is InChI=1S/C39H77N2O6P/c1-6-8-10-12-14-16-18-19-20-21-23-24-26-28-30-32-38(42)37(36-47-48(44,45)46-35-34-41(3,4)5)40-39(43)33-31-29-27-25-22-17-15-13-11-9-7-2/h13,15,30,32,37-38,42H,6-12,14,16-29,31,33-36H2,1-5H3,(H-,40,43,44,45)/b15-13-,32-30+. The number of aliphatic hydroxyl groups is 1. The number of quaternary nitrogens is 1. The number of unbranched alkanes of at least 4 members (excludes halogenated alkanes) is 20. The van der Waals surface area contributed by atoms with Gasteiger partial charge in [0, 0.05) is 6.42 Å². The van der Waals surface area contributed by atoms with Crippen molar-refractivity contribution in [3.63, 3.8) is 0 Å². The molecule has 0 fully saturated rings. The van der Waals surface area contributed by atoms with Gasteiger partial charge in [-0.1, -0.05) is 147 Å². The molecule has 0 spiro atoms. The molecule has 3 atom stereocenters. The van der Waals surface area contributed by atoms with Gasteiger partial charge in [-0.25, -0.2) is 0 Å². The van der Waals surface area contributed by atoms with E-state index in [1.54, 1.807) is 6.08 Å². The lowest BCUT2D eigenvalue weighted by molar-refractivity contribution is -0.870. The van der Waals surface area contributed by atoms with Crippen molar-refractivity contribution < 1.29 is 32.9 Å². The van der Waals surface area contributed by atoms with Crippen molar-refractivity contribution >= 4 is 13.7 Å². The van der Waals surface area contributed by atoms with Crippen molar-refractivity contribution in [1.82, 2.24) is 5.32 Å². The van der Waals surface area contributed by atoms with Gasteiger partial charge in [-0.3, -0.25) is 9.36 Å². The molecular weight excluding hydrogens is 623 g/mol. The maximum atomic E-state index is 12.7. The van der Waals surface area contributed by atoms with Gasteiger partial charge in [0.2, 0.25) is 5.91 Å². The van der Waals surface area contributed by atoms with E-state index < -0.39 is 20.0 Å². The number of carbonyl (C=O) groups excluding carboxylic acids is 1. The number of phosphoric ester groups is 1. The molecule has 0 saturated carbocycles. The second-order valence-electron chi connectivity index (χ2n) is 14.6. The molecule has 8 nitrogen and oxygen atoms in total. The van der Waals surface area contributed by atoms with Crippen LogP contribution >= 0.6 is 7.82 Å². The van der Waals surface area contributed by atoms with E-state index in [0.29, 0.717) is 17.4 Å². The first-order valence-corrected chi connectivity index (χ1v) is 21.2. The molecule has 48 heavy (non-hydrogen) atoms. The first-order valence-electron chi connectivity index (χ1n) is 19.7. The highest BCUT2D eigenvalue weighted by Gasteiger charge is 2.23. The zero-order valence-electron chi connectivity index (χ0n) is 31.9. The van der Waals surface area contributed by atoms with Gasteiger partial charge in [0.15, 0.2) is 0 Å². The van der Waals surface area contributed by atoms with Gasteiger partial charge in [0.1, 0.15) is 13.2 Å². The zero-order chi connectivity index (χ0) is 35.8. The summed E-state index contributed by atoms with van der Waals surface area (Å²) in [5.41, 5.74) is 0. The van der Waals surface area contributed by atoms with Crippen molar-refractivity contribution in [2.75, 3.05) is 40.9 Å². The van der Waals surface area contributed by atoms with Crippen LogP contribution in [0.2, 0.25) is 0 Å². The first kappa shape index (κ1) is 47.0. The summed E-state index contributed by atoms with van der Waals surface area (Å²) in [6.07, 6.45) is 35.0. The number of hydrogen-bond donors (Lipinski definition) is 2. The van der Waals surface area contributed by atoms with Crippen molar-refractivity contribution in [3.05, 3.63) is 24.3 Å². The molecule has 0 aromatic carbocycles. The smallest absolute Gasteiger partial charge is 0.268 e. The van der Waals surface area contributed by atoms with Crippen LogP contribution in [0.15, 0.2) is 24.3 Å². The third kappa shape index (κ3) is 33.5. The number of amides is 1. The first-order chi connectivity index (χ1) is 23.0. The summed E-state index contributed by atoms with van der Waals surface area (Å²) in [7, 11) is 1.25. The van der Waals surface area contributed by atoms with Gasteiger partial charge in [0.25, 0.3) is 7.82 Å². The lowest BCUT2D eigenvalue weighted by atomic mass is 10.0. The topological polar surface area (TPSA) is 108 Å². The molecule has 0 aliphatic heterocycles. The Bertz CT molecular complexity index is 845. The summed E-state index contributed by atoms with van der Waals surface area (Å²) < 4.78 is 23.1. The fraction of sp³-hybridized carbons (Fsp3) is 0.872. The number of nitrogens with one attached hydrogen (secondary N) is 1. The van der Waals surface area contributed by atoms with Crippen molar-refractivity contribution in [3.8, 4) is 0 Å². The highest BCUT2D eigenvalue weighted by atomic mass is 31.2.